The molecule has 0 radical (unpaired) electrons. The van der Waals surface area contributed by atoms with Crippen molar-refractivity contribution in [3.05, 3.63) is 59.2 Å². The van der Waals surface area contributed by atoms with E-state index in [2.05, 4.69) is 46.1 Å². The molecule has 0 atom stereocenters. The molecule has 1 N–H and O–H groups in total. The van der Waals surface area contributed by atoms with Gasteiger partial charge in [0.2, 0.25) is 0 Å². The number of rotatable bonds is 4. The van der Waals surface area contributed by atoms with Crippen LogP contribution in [-0.4, -0.2) is 21.2 Å². The first kappa shape index (κ1) is 12.5. The van der Waals surface area contributed by atoms with Gasteiger partial charge in [-0.25, -0.2) is 9.97 Å². The summed E-state index contributed by atoms with van der Waals surface area (Å²) < 4.78 is 0. The van der Waals surface area contributed by atoms with Gasteiger partial charge < -0.3 is 4.98 Å². The Hall–Kier alpha value is -2.49. The van der Waals surface area contributed by atoms with Crippen molar-refractivity contribution < 1.29 is 4.79 Å². The molecule has 3 aromatic rings. The summed E-state index contributed by atoms with van der Waals surface area (Å²) in [4.78, 5) is 22.6. The number of aromatic nitrogens is 3. The fourth-order valence-electron chi connectivity index (χ4n) is 2.35. The van der Waals surface area contributed by atoms with E-state index < -0.39 is 0 Å². The normalized spacial score (nSPS) is 10.8. The third-order valence-electron chi connectivity index (χ3n) is 3.48. The van der Waals surface area contributed by atoms with Crippen molar-refractivity contribution in [1.82, 2.24) is 15.0 Å². The van der Waals surface area contributed by atoms with Gasteiger partial charge in [-0.1, -0.05) is 29.8 Å². The lowest BCUT2D eigenvalue weighted by Crippen LogP contribution is -1.97. The van der Waals surface area contributed by atoms with Gasteiger partial charge in [-0.3, -0.25) is 4.79 Å². The van der Waals surface area contributed by atoms with E-state index in [1.165, 1.54) is 17.5 Å². The molecule has 0 unspecified atom stereocenters. The third kappa shape index (κ3) is 2.32. The van der Waals surface area contributed by atoms with Crippen molar-refractivity contribution in [3.8, 4) is 0 Å². The van der Waals surface area contributed by atoms with E-state index in [1.807, 2.05) is 0 Å². The van der Waals surface area contributed by atoms with Crippen LogP contribution in [0.3, 0.4) is 0 Å². The molecule has 100 valence electrons. The number of benzene rings is 1. The molecule has 4 nitrogen and oxygen atoms in total. The number of hydrogen-bond donors (Lipinski definition) is 1. The number of fused-ring (bicyclic) bond motifs is 1. The zero-order valence-electron chi connectivity index (χ0n) is 11.3. The zero-order valence-corrected chi connectivity index (χ0v) is 11.3. The number of H-pyrrole nitrogens is 1. The van der Waals surface area contributed by atoms with Crippen LogP contribution in [0.15, 0.2) is 36.8 Å². The Balaban J connectivity index is 1.89. The summed E-state index contributed by atoms with van der Waals surface area (Å²) in [6, 6.07) is 8.48. The second kappa shape index (κ2) is 5.25. The van der Waals surface area contributed by atoms with Crippen molar-refractivity contribution in [1.29, 1.82) is 0 Å². The first-order valence-electron chi connectivity index (χ1n) is 6.59. The fourth-order valence-corrected chi connectivity index (χ4v) is 2.35. The van der Waals surface area contributed by atoms with Gasteiger partial charge in [0.25, 0.3) is 0 Å². The minimum Gasteiger partial charge on any atom is -0.345 e. The van der Waals surface area contributed by atoms with Crippen molar-refractivity contribution in [2.24, 2.45) is 0 Å². The van der Waals surface area contributed by atoms with E-state index in [-0.39, 0.29) is 0 Å². The Morgan fingerprint density at radius 1 is 1.15 bits per heavy atom. The van der Waals surface area contributed by atoms with Crippen molar-refractivity contribution in [2.45, 2.75) is 19.8 Å². The van der Waals surface area contributed by atoms with Gasteiger partial charge in [-0.2, -0.15) is 0 Å². The second-order valence-corrected chi connectivity index (χ2v) is 4.89. The predicted octanol–water partition coefficient (Wildman–Crippen LogP) is 2.86. The van der Waals surface area contributed by atoms with Crippen LogP contribution in [-0.2, 0) is 12.8 Å². The van der Waals surface area contributed by atoms with Crippen LogP contribution in [0.2, 0.25) is 0 Å². The van der Waals surface area contributed by atoms with Crippen LogP contribution < -0.4 is 0 Å². The Bertz CT molecular complexity index is 744. The third-order valence-corrected chi connectivity index (χ3v) is 3.48. The molecule has 0 aliphatic heterocycles. The van der Waals surface area contributed by atoms with Gasteiger partial charge in [-0.15, -0.1) is 0 Å². The molecule has 0 aliphatic rings. The van der Waals surface area contributed by atoms with Gasteiger partial charge in [0.05, 0.1) is 11.1 Å². The van der Waals surface area contributed by atoms with Crippen LogP contribution >= 0.6 is 0 Å². The molecule has 0 spiro atoms. The van der Waals surface area contributed by atoms with E-state index in [9.17, 15) is 4.79 Å². The quantitative estimate of drug-likeness (QED) is 0.738. The molecule has 0 amide bonds. The van der Waals surface area contributed by atoms with E-state index in [1.54, 1.807) is 6.20 Å². The molecule has 4 heteroatoms. The number of hydrogen-bond acceptors (Lipinski definition) is 3. The van der Waals surface area contributed by atoms with E-state index in [4.69, 9.17) is 0 Å². The molecule has 2 heterocycles. The molecule has 0 aliphatic carbocycles. The molecule has 3 rings (SSSR count). The van der Waals surface area contributed by atoms with Crippen LogP contribution in [0.4, 0.5) is 0 Å². The van der Waals surface area contributed by atoms with E-state index in [0.29, 0.717) is 5.56 Å². The lowest BCUT2D eigenvalue weighted by Gasteiger charge is -2.04. The average Bonchev–Trinajstić information content (AvgIpc) is 2.90. The molecule has 0 bridgehead atoms. The molecule has 0 saturated carbocycles. The zero-order chi connectivity index (χ0) is 13.9. The van der Waals surface area contributed by atoms with Crippen LogP contribution in [0.25, 0.3) is 11.0 Å². The highest BCUT2D eigenvalue weighted by molar-refractivity contribution is 5.96. The highest BCUT2D eigenvalue weighted by Crippen LogP contribution is 2.19. The lowest BCUT2D eigenvalue weighted by molar-refractivity contribution is 0.112. The van der Waals surface area contributed by atoms with Crippen LogP contribution in [0.1, 0.15) is 27.2 Å². The number of aldehydes is 1. The molecule has 0 saturated heterocycles. The Morgan fingerprint density at radius 3 is 2.70 bits per heavy atom. The minimum atomic E-state index is 0.625. The Labute approximate surface area is 116 Å². The van der Waals surface area contributed by atoms with Gasteiger partial charge in [0.15, 0.2) is 6.29 Å². The summed E-state index contributed by atoms with van der Waals surface area (Å²) in [5, 5.41) is 0.842. The van der Waals surface area contributed by atoms with Crippen LogP contribution in [0, 0.1) is 6.92 Å². The standard InChI is InChI=1S/C16H15N3O/c1-11-2-4-12(5-3-11)6-7-14-15-13(9-20)8-17-16(15)19-10-18-14/h2-5,8-10H,6-7H2,1H3,(H,17,18,19). The molecule has 2 aromatic heterocycles. The number of nitrogens with zero attached hydrogens (tertiary/aromatic N) is 2. The van der Waals surface area contributed by atoms with Gasteiger partial charge in [0.1, 0.15) is 12.0 Å². The number of nitrogens with one attached hydrogen (secondary N) is 1. The predicted molar refractivity (Wildman–Crippen MR) is 77.9 cm³/mol. The van der Waals surface area contributed by atoms with Gasteiger partial charge in [-0.05, 0) is 25.3 Å². The van der Waals surface area contributed by atoms with Gasteiger partial charge in [0, 0.05) is 11.8 Å². The number of carbonyl (C=O) groups excluding carboxylic acids is 1. The Morgan fingerprint density at radius 2 is 1.95 bits per heavy atom. The fraction of sp³-hybridized carbons (Fsp3) is 0.188. The minimum absolute atomic E-state index is 0.625. The largest absolute Gasteiger partial charge is 0.345 e. The van der Waals surface area contributed by atoms with E-state index >= 15 is 0 Å². The summed E-state index contributed by atoms with van der Waals surface area (Å²) in [5.41, 5.74) is 4.79. The summed E-state index contributed by atoms with van der Waals surface area (Å²) in [6.07, 6.45) is 5.76. The average molecular weight is 265 g/mol. The maximum absolute atomic E-state index is 11.1. The van der Waals surface area contributed by atoms with Crippen molar-refractivity contribution in [3.63, 3.8) is 0 Å². The highest BCUT2D eigenvalue weighted by atomic mass is 16.1. The molecule has 20 heavy (non-hydrogen) atoms. The topological polar surface area (TPSA) is 58.6 Å². The summed E-state index contributed by atoms with van der Waals surface area (Å²) >= 11 is 0. The van der Waals surface area contributed by atoms with Gasteiger partial charge >= 0.3 is 0 Å². The SMILES string of the molecule is Cc1ccc(CCc2ncnc3[nH]cc(C=O)c23)cc1. The van der Waals surface area contributed by atoms with Crippen molar-refractivity contribution >= 4 is 17.3 Å². The highest BCUT2D eigenvalue weighted by Gasteiger charge is 2.10. The lowest BCUT2D eigenvalue weighted by atomic mass is 10.0. The first-order chi connectivity index (χ1) is 9.78. The summed E-state index contributed by atoms with van der Waals surface area (Å²) in [7, 11) is 0. The molecule has 0 fully saturated rings. The monoisotopic (exact) mass is 265 g/mol. The second-order valence-electron chi connectivity index (χ2n) is 4.89. The van der Waals surface area contributed by atoms with Crippen molar-refractivity contribution in [2.75, 3.05) is 0 Å². The Kier molecular flexibility index (Phi) is 3.29. The molecular weight excluding hydrogens is 250 g/mol. The first-order valence-corrected chi connectivity index (χ1v) is 6.59. The molecular formula is C16H15N3O. The molecule has 1 aromatic carbocycles. The van der Waals surface area contributed by atoms with E-state index in [0.717, 1.165) is 35.9 Å². The smallest absolute Gasteiger partial charge is 0.152 e. The summed E-state index contributed by atoms with van der Waals surface area (Å²) in [5.74, 6) is 0. The number of aromatic amines is 1. The maximum Gasteiger partial charge on any atom is 0.152 e. The summed E-state index contributed by atoms with van der Waals surface area (Å²) in [6.45, 7) is 2.08. The number of carbonyl (C=O) groups is 1. The maximum atomic E-state index is 11.1. The van der Waals surface area contributed by atoms with Crippen LogP contribution in [0.5, 0.6) is 0 Å². The number of aryl methyl sites for hydroxylation is 3.